The molecule has 1 unspecified atom stereocenters. The molecule has 0 aromatic carbocycles. The Labute approximate surface area is 95.7 Å². The Bertz CT molecular complexity index is 539. The Hall–Kier alpha value is -1.66. The lowest BCUT2D eigenvalue weighted by atomic mass is 10.2. The van der Waals surface area contributed by atoms with E-state index in [1.807, 2.05) is 0 Å². The molecular formula is C9H9ClN4O2. The van der Waals surface area contributed by atoms with Crippen LogP contribution in [0.4, 0.5) is 0 Å². The second-order valence-electron chi connectivity index (χ2n) is 3.30. The summed E-state index contributed by atoms with van der Waals surface area (Å²) in [5, 5.41) is 8.97. The van der Waals surface area contributed by atoms with Gasteiger partial charge in [0.05, 0.1) is 24.4 Å². The molecule has 7 heteroatoms. The fraction of sp³-hybridized carbons (Fsp3) is 0.222. The number of halogens is 1. The first kappa shape index (κ1) is 10.8. The number of carboxylic acids is 1. The minimum Gasteiger partial charge on any atom is -0.481 e. The fourth-order valence-corrected chi connectivity index (χ4v) is 1.74. The smallest absolute Gasteiger partial charge is 0.305 e. The number of rotatable bonds is 3. The standard InChI is InChI=1S/C9H9ClN4O2/c10-9-8(5(11)3-7(15)16)13-6-4-12-1-2-14(6)9/h1-2,4-5H,3,11H2,(H,15,16). The normalized spacial score (nSPS) is 12.9. The Kier molecular flexibility index (Phi) is 2.76. The lowest BCUT2D eigenvalue weighted by molar-refractivity contribution is -0.137. The second-order valence-corrected chi connectivity index (χ2v) is 3.65. The SMILES string of the molecule is NC(CC(=O)O)c1nc2cnccn2c1Cl. The lowest BCUT2D eigenvalue weighted by Gasteiger charge is -2.05. The highest BCUT2D eigenvalue weighted by Crippen LogP contribution is 2.23. The number of hydrogen-bond donors (Lipinski definition) is 2. The molecule has 1 atom stereocenters. The number of nitrogens with two attached hydrogens (primary N) is 1. The number of aliphatic carboxylic acids is 1. The van der Waals surface area contributed by atoms with Gasteiger partial charge in [-0.3, -0.25) is 14.2 Å². The molecule has 0 fully saturated rings. The van der Waals surface area contributed by atoms with Gasteiger partial charge in [0.15, 0.2) is 5.65 Å². The Morgan fingerprint density at radius 2 is 2.44 bits per heavy atom. The van der Waals surface area contributed by atoms with Crippen LogP contribution in [-0.4, -0.2) is 25.4 Å². The van der Waals surface area contributed by atoms with Crippen LogP contribution >= 0.6 is 11.6 Å². The van der Waals surface area contributed by atoms with Crippen molar-refractivity contribution in [2.24, 2.45) is 5.73 Å². The van der Waals surface area contributed by atoms with Crippen LogP contribution in [0.15, 0.2) is 18.6 Å². The third kappa shape index (κ3) is 1.84. The molecule has 84 valence electrons. The van der Waals surface area contributed by atoms with Crippen molar-refractivity contribution in [3.63, 3.8) is 0 Å². The Morgan fingerprint density at radius 1 is 1.69 bits per heavy atom. The van der Waals surface area contributed by atoms with Crippen LogP contribution in [0.1, 0.15) is 18.2 Å². The summed E-state index contributed by atoms with van der Waals surface area (Å²) in [7, 11) is 0. The predicted octanol–water partition coefficient (Wildman–Crippen LogP) is 0.857. The topological polar surface area (TPSA) is 93.5 Å². The van der Waals surface area contributed by atoms with Gasteiger partial charge < -0.3 is 10.8 Å². The molecule has 2 aromatic heterocycles. The van der Waals surface area contributed by atoms with Crippen molar-refractivity contribution in [3.05, 3.63) is 29.4 Å². The van der Waals surface area contributed by atoms with E-state index >= 15 is 0 Å². The molecule has 0 saturated carbocycles. The van der Waals surface area contributed by atoms with Crippen LogP contribution in [0.3, 0.4) is 0 Å². The highest BCUT2D eigenvalue weighted by molar-refractivity contribution is 6.30. The van der Waals surface area contributed by atoms with E-state index < -0.39 is 12.0 Å². The maximum Gasteiger partial charge on any atom is 0.305 e. The van der Waals surface area contributed by atoms with E-state index in [0.717, 1.165) is 0 Å². The molecule has 0 aliphatic rings. The number of carbonyl (C=O) groups is 1. The third-order valence-corrected chi connectivity index (χ3v) is 2.52. The molecule has 2 rings (SSSR count). The summed E-state index contributed by atoms with van der Waals surface area (Å²) in [6.45, 7) is 0. The van der Waals surface area contributed by atoms with E-state index in [-0.39, 0.29) is 6.42 Å². The van der Waals surface area contributed by atoms with E-state index in [9.17, 15) is 4.79 Å². The minimum atomic E-state index is -0.987. The summed E-state index contributed by atoms with van der Waals surface area (Å²) in [4.78, 5) is 18.6. The zero-order chi connectivity index (χ0) is 11.7. The summed E-state index contributed by atoms with van der Waals surface area (Å²) < 4.78 is 1.60. The average molecular weight is 241 g/mol. The van der Waals surface area contributed by atoms with E-state index in [0.29, 0.717) is 16.5 Å². The van der Waals surface area contributed by atoms with Gasteiger partial charge in [0.25, 0.3) is 0 Å². The molecule has 0 bridgehead atoms. The van der Waals surface area contributed by atoms with Gasteiger partial charge in [-0.15, -0.1) is 0 Å². The number of nitrogens with zero attached hydrogens (tertiary/aromatic N) is 3. The van der Waals surface area contributed by atoms with Gasteiger partial charge in [0, 0.05) is 12.4 Å². The molecule has 2 aromatic rings. The lowest BCUT2D eigenvalue weighted by Crippen LogP contribution is -2.15. The van der Waals surface area contributed by atoms with Crippen molar-refractivity contribution in [1.29, 1.82) is 0 Å². The fourth-order valence-electron chi connectivity index (χ4n) is 1.42. The van der Waals surface area contributed by atoms with Gasteiger partial charge in [0.1, 0.15) is 5.15 Å². The van der Waals surface area contributed by atoms with Gasteiger partial charge in [-0.25, -0.2) is 4.98 Å². The van der Waals surface area contributed by atoms with Crippen LogP contribution in [0.5, 0.6) is 0 Å². The third-order valence-electron chi connectivity index (χ3n) is 2.14. The maximum absolute atomic E-state index is 10.5. The van der Waals surface area contributed by atoms with Crippen molar-refractivity contribution in [2.45, 2.75) is 12.5 Å². The first-order chi connectivity index (χ1) is 7.59. The van der Waals surface area contributed by atoms with Crippen molar-refractivity contribution in [2.75, 3.05) is 0 Å². The van der Waals surface area contributed by atoms with Crippen LogP contribution in [-0.2, 0) is 4.79 Å². The van der Waals surface area contributed by atoms with E-state index in [2.05, 4.69) is 9.97 Å². The van der Waals surface area contributed by atoms with Crippen molar-refractivity contribution in [1.82, 2.24) is 14.4 Å². The van der Waals surface area contributed by atoms with Crippen LogP contribution in [0.25, 0.3) is 5.65 Å². The van der Waals surface area contributed by atoms with Crippen molar-refractivity contribution < 1.29 is 9.90 Å². The minimum absolute atomic E-state index is 0.211. The van der Waals surface area contributed by atoms with Gasteiger partial charge in [-0.05, 0) is 0 Å². The number of fused-ring (bicyclic) bond motifs is 1. The van der Waals surface area contributed by atoms with E-state index in [4.69, 9.17) is 22.4 Å². The Balaban J connectivity index is 2.45. The maximum atomic E-state index is 10.5. The summed E-state index contributed by atoms with van der Waals surface area (Å²) in [5.74, 6) is -0.987. The zero-order valence-electron chi connectivity index (χ0n) is 8.17. The first-order valence-corrected chi connectivity index (χ1v) is 4.92. The summed E-state index contributed by atoms with van der Waals surface area (Å²) >= 11 is 6.04. The molecule has 0 radical (unpaired) electrons. The molecule has 2 heterocycles. The molecule has 3 N–H and O–H groups in total. The Morgan fingerprint density at radius 3 is 3.06 bits per heavy atom. The summed E-state index contributed by atoms with van der Waals surface area (Å²) in [6, 6.07) is -0.718. The van der Waals surface area contributed by atoms with Crippen LogP contribution < -0.4 is 5.73 Å². The van der Waals surface area contributed by atoms with E-state index in [1.165, 1.54) is 6.20 Å². The number of aromatic nitrogens is 3. The van der Waals surface area contributed by atoms with Crippen LogP contribution in [0.2, 0.25) is 5.15 Å². The van der Waals surface area contributed by atoms with Crippen molar-refractivity contribution in [3.8, 4) is 0 Å². The van der Waals surface area contributed by atoms with Gasteiger partial charge in [-0.2, -0.15) is 0 Å². The summed E-state index contributed by atoms with van der Waals surface area (Å²) in [6.07, 6.45) is 4.52. The number of hydrogen-bond acceptors (Lipinski definition) is 4. The largest absolute Gasteiger partial charge is 0.481 e. The first-order valence-electron chi connectivity index (χ1n) is 4.54. The quantitative estimate of drug-likeness (QED) is 0.830. The number of carboxylic acid groups (broad SMARTS) is 1. The molecule has 0 amide bonds. The molecule has 0 saturated heterocycles. The molecule has 0 spiro atoms. The molecular weight excluding hydrogens is 232 g/mol. The molecule has 6 nitrogen and oxygen atoms in total. The summed E-state index contributed by atoms with van der Waals surface area (Å²) in [5.41, 5.74) is 6.62. The predicted molar refractivity (Wildman–Crippen MR) is 57.2 cm³/mol. The van der Waals surface area contributed by atoms with Gasteiger partial charge in [-0.1, -0.05) is 11.6 Å². The van der Waals surface area contributed by atoms with E-state index in [1.54, 1.807) is 16.8 Å². The van der Waals surface area contributed by atoms with Crippen molar-refractivity contribution >= 4 is 23.2 Å². The highest BCUT2D eigenvalue weighted by atomic mass is 35.5. The molecule has 16 heavy (non-hydrogen) atoms. The zero-order valence-corrected chi connectivity index (χ0v) is 8.92. The van der Waals surface area contributed by atoms with Crippen LogP contribution in [0, 0.1) is 0 Å². The van der Waals surface area contributed by atoms with Gasteiger partial charge >= 0.3 is 5.97 Å². The molecule has 0 aliphatic carbocycles. The number of imidazole rings is 1. The second kappa shape index (κ2) is 4.07. The molecule has 0 aliphatic heterocycles. The highest BCUT2D eigenvalue weighted by Gasteiger charge is 2.19. The monoisotopic (exact) mass is 240 g/mol. The van der Waals surface area contributed by atoms with Gasteiger partial charge in [0.2, 0.25) is 0 Å². The average Bonchev–Trinajstić information content (AvgIpc) is 2.56.